The number of carbonyl (C=O) groups is 1. The molecular formula is C18H17BrN6O. The summed E-state index contributed by atoms with van der Waals surface area (Å²) in [5.74, 6) is 0.452. The fourth-order valence-electron chi connectivity index (χ4n) is 2.19. The Kier molecular flexibility index (Phi) is 5.33. The molecule has 26 heavy (non-hydrogen) atoms. The topological polar surface area (TPSA) is 105 Å². The number of nitrogens with one attached hydrogen (secondary N) is 3. The average Bonchev–Trinajstić information content (AvgIpc) is 2.63. The lowest BCUT2D eigenvalue weighted by Gasteiger charge is -2.13. The zero-order chi connectivity index (χ0) is 18.5. The highest BCUT2D eigenvalue weighted by Gasteiger charge is 2.10. The molecule has 0 radical (unpaired) electrons. The molecule has 132 valence electrons. The molecule has 1 amide bonds. The summed E-state index contributed by atoms with van der Waals surface area (Å²) in [5.41, 5.74) is 14.1. The molecule has 0 saturated heterocycles. The molecule has 3 aromatic rings. The number of halogens is 1. The van der Waals surface area contributed by atoms with Gasteiger partial charge in [0.05, 0.1) is 0 Å². The van der Waals surface area contributed by atoms with Crippen molar-refractivity contribution in [2.75, 3.05) is 16.5 Å². The van der Waals surface area contributed by atoms with E-state index in [2.05, 4.69) is 42.1 Å². The van der Waals surface area contributed by atoms with Crippen LogP contribution in [0.1, 0.15) is 15.9 Å². The number of amides is 1. The van der Waals surface area contributed by atoms with Crippen molar-refractivity contribution >= 4 is 44.8 Å². The van der Waals surface area contributed by atoms with Crippen molar-refractivity contribution in [1.29, 1.82) is 0 Å². The van der Waals surface area contributed by atoms with E-state index in [4.69, 9.17) is 5.73 Å². The van der Waals surface area contributed by atoms with Gasteiger partial charge in [-0.2, -0.15) is 0 Å². The molecule has 7 nitrogen and oxygen atoms in total. The Labute approximate surface area is 159 Å². The standard InChI is InChI=1S/C18H17BrN6O/c1-11-5-7-12(8-6-11)18(26)25-24-17-15(20)16(21-10-22-17)23-14-4-2-3-13(19)9-14/h2-10H,20H2,1H3,(H,25,26)(H2,21,22,23,24). The second-order valence-corrected chi connectivity index (χ2v) is 6.48. The van der Waals surface area contributed by atoms with Crippen molar-refractivity contribution in [2.45, 2.75) is 6.92 Å². The van der Waals surface area contributed by atoms with Gasteiger partial charge in [-0.1, -0.05) is 39.7 Å². The number of aromatic nitrogens is 2. The molecule has 0 spiro atoms. The third kappa shape index (κ3) is 4.28. The Balaban J connectivity index is 1.70. The second-order valence-electron chi connectivity index (χ2n) is 5.57. The van der Waals surface area contributed by atoms with Crippen LogP contribution in [0.5, 0.6) is 0 Å². The number of nitrogens with zero attached hydrogens (tertiary/aromatic N) is 2. The Morgan fingerprint density at radius 3 is 2.54 bits per heavy atom. The number of anilines is 4. The lowest BCUT2D eigenvalue weighted by atomic mass is 10.1. The Bertz CT molecular complexity index is 929. The smallest absolute Gasteiger partial charge is 0.269 e. The first-order valence-electron chi connectivity index (χ1n) is 7.79. The van der Waals surface area contributed by atoms with Gasteiger partial charge in [-0.15, -0.1) is 0 Å². The number of nitrogens with two attached hydrogens (primary N) is 1. The van der Waals surface area contributed by atoms with E-state index in [0.717, 1.165) is 15.7 Å². The molecule has 0 aliphatic carbocycles. The maximum atomic E-state index is 12.2. The van der Waals surface area contributed by atoms with E-state index in [1.54, 1.807) is 12.1 Å². The van der Waals surface area contributed by atoms with Crippen LogP contribution in [0, 0.1) is 6.92 Å². The number of benzene rings is 2. The van der Waals surface area contributed by atoms with Crippen LogP contribution in [0.2, 0.25) is 0 Å². The summed E-state index contributed by atoms with van der Waals surface area (Å²) in [6.45, 7) is 1.96. The summed E-state index contributed by atoms with van der Waals surface area (Å²) in [6, 6.07) is 14.8. The molecule has 0 unspecified atom stereocenters. The van der Waals surface area contributed by atoms with Gasteiger partial charge in [0.2, 0.25) is 0 Å². The van der Waals surface area contributed by atoms with Gasteiger partial charge in [0, 0.05) is 15.7 Å². The molecule has 0 fully saturated rings. The first-order chi connectivity index (χ1) is 12.5. The summed E-state index contributed by atoms with van der Waals surface area (Å²) >= 11 is 3.41. The van der Waals surface area contributed by atoms with Gasteiger partial charge in [-0.05, 0) is 37.3 Å². The molecular weight excluding hydrogens is 396 g/mol. The summed E-state index contributed by atoms with van der Waals surface area (Å²) in [7, 11) is 0. The van der Waals surface area contributed by atoms with E-state index < -0.39 is 0 Å². The predicted octanol–water partition coefficient (Wildman–Crippen LogP) is 3.63. The van der Waals surface area contributed by atoms with Crippen molar-refractivity contribution in [2.24, 2.45) is 0 Å². The van der Waals surface area contributed by atoms with Gasteiger partial charge in [0.1, 0.15) is 12.0 Å². The maximum Gasteiger partial charge on any atom is 0.269 e. The van der Waals surface area contributed by atoms with Gasteiger partial charge in [-0.3, -0.25) is 15.6 Å². The summed E-state index contributed by atoms with van der Waals surface area (Å²) in [5, 5.41) is 3.12. The highest BCUT2D eigenvalue weighted by Crippen LogP contribution is 2.26. The van der Waals surface area contributed by atoms with Crippen LogP contribution in [-0.2, 0) is 0 Å². The van der Waals surface area contributed by atoms with E-state index >= 15 is 0 Å². The first-order valence-corrected chi connectivity index (χ1v) is 8.58. The van der Waals surface area contributed by atoms with Gasteiger partial charge < -0.3 is 11.1 Å². The molecule has 8 heteroatoms. The molecule has 0 aliphatic rings. The van der Waals surface area contributed by atoms with Crippen molar-refractivity contribution in [3.8, 4) is 0 Å². The third-order valence-corrected chi connectivity index (χ3v) is 4.07. The third-order valence-electron chi connectivity index (χ3n) is 3.58. The van der Waals surface area contributed by atoms with Gasteiger partial charge in [0.25, 0.3) is 5.91 Å². The van der Waals surface area contributed by atoms with Crippen LogP contribution in [0.25, 0.3) is 0 Å². The van der Waals surface area contributed by atoms with Crippen molar-refractivity contribution < 1.29 is 4.79 Å². The van der Waals surface area contributed by atoms with Crippen LogP contribution in [-0.4, -0.2) is 15.9 Å². The SMILES string of the molecule is Cc1ccc(C(=O)NNc2ncnc(Nc3cccc(Br)c3)c2N)cc1. The first kappa shape index (κ1) is 17.7. The van der Waals surface area contributed by atoms with Gasteiger partial charge in [0.15, 0.2) is 11.6 Å². The van der Waals surface area contributed by atoms with E-state index in [0.29, 0.717) is 17.2 Å². The van der Waals surface area contributed by atoms with Crippen LogP contribution >= 0.6 is 15.9 Å². The summed E-state index contributed by atoms with van der Waals surface area (Å²) < 4.78 is 0.929. The van der Waals surface area contributed by atoms with E-state index in [1.165, 1.54) is 6.33 Å². The number of aryl methyl sites for hydroxylation is 1. The zero-order valence-electron chi connectivity index (χ0n) is 14.0. The number of nitrogen functional groups attached to an aromatic ring is 1. The Morgan fingerprint density at radius 2 is 1.81 bits per heavy atom. The molecule has 5 N–H and O–H groups in total. The number of hydrogen-bond donors (Lipinski definition) is 4. The molecule has 0 saturated carbocycles. The average molecular weight is 413 g/mol. The van der Waals surface area contributed by atoms with Crippen molar-refractivity contribution in [3.63, 3.8) is 0 Å². The largest absolute Gasteiger partial charge is 0.393 e. The molecule has 1 aromatic heterocycles. The molecule has 1 heterocycles. The molecule has 3 rings (SSSR count). The number of hydrazine groups is 1. The quantitative estimate of drug-likeness (QED) is 0.476. The highest BCUT2D eigenvalue weighted by atomic mass is 79.9. The second kappa shape index (κ2) is 7.83. The molecule has 2 aromatic carbocycles. The van der Waals surface area contributed by atoms with E-state index in [1.807, 2.05) is 43.3 Å². The van der Waals surface area contributed by atoms with Crippen LogP contribution in [0.4, 0.5) is 23.0 Å². The van der Waals surface area contributed by atoms with Gasteiger partial charge >= 0.3 is 0 Å². The summed E-state index contributed by atoms with van der Waals surface area (Å²) in [6.07, 6.45) is 1.36. The van der Waals surface area contributed by atoms with Gasteiger partial charge in [-0.25, -0.2) is 9.97 Å². The maximum absolute atomic E-state index is 12.2. The molecule has 0 aliphatic heterocycles. The summed E-state index contributed by atoms with van der Waals surface area (Å²) in [4.78, 5) is 20.4. The minimum Gasteiger partial charge on any atom is -0.393 e. The minimum absolute atomic E-state index is 0.287. The lowest BCUT2D eigenvalue weighted by Crippen LogP contribution is -2.30. The number of hydrogen-bond acceptors (Lipinski definition) is 6. The normalized spacial score (nSPS) is 10.2. The Morgan fingerprint density at radius 1 is 1.08 bits per heavy atom. The van der Waals surface area contributed by atoms with Crippen LogP contribution in [0.15, 0.2) is 59.3 Å². The van der Waals surface area contributed by atoms with Crippen molar-refractivity contribution in [1.82, 2.24) is 15.4 Å². The molecule has 0 bridgehead atoms. The molecule has 0 atom stereocenters. The highest BCUT2D eigenvalue weighted by molar-refractivity contribution is 9.10. The number of carbonyl (C=O) groups excluding carboxylic acids is 1. The van der Waals surface area contributed by atoms with Crippen LogP contribution in [0.3, 0.4) is 0 Å². The van der Waals surface area contributed by atoms with Crippen LogP contribution < -0.4 is 21.9 Å². The fraction of sp³-hybridized carbons (Fsp3) is 0.0556. The predicted molar refractivity (Wildman–Crippen MR) is 106 cm³/mol. The van der Waals surface area contributed by atoms with E-state index in [-0.39, 0.29) is 11.6 Å². The minimum atomic E-state index is -0.287. The van der Waals surface area contributed by atoms with Crippen molar-refractivity contribution in [3.05, 3.63) is 70.5 Å². The Hall–Kier alpha value is -3.13. The lowest BCUT2D eigenvalue weighted by molar-refractivity contribution is 0.0962. The fourth-order valence-corrected chi connectivity index (χ4v) is 2.59. The number of rotatable bonds is 5. The van der Waals surface area contributed by atoms with E-state index in [9.17, 15) is 4.79 Å². The monoisotopic (exact) mass is 412 g/mol. The zero-order valence-corrected chi connectivity index (χ0v) is 15.5.